The zero-order chi connectivity index (χ0) is 16.3. The number of aliphatic imine (C=N–C) groups is 1. The van der Waals surface area contributed by atoms with E-state index in [1.807, 2.05) is 18.2 Å². The molecule has 1 fully saturated rings. The number of amides is 1. The van der Waals surface area contributed by atoms with Crippen LogP contribution in [0, 0.1) is 0 Å². The molecule has 126 valence electrons. The average molecular weight is 317 g/mol. The molecule has 0 aromatic carbocycles. The number of carbonyl (C=O) groups excluding carboxylic acids is 1. The maximum absolute atomic E-state index is 11.9. The van der Waals surface area contributed by atoms with Crippen LogP contribution in [0.2, 0.25) is 0 Å². The van der Waals surface area contributed by atoms with E-state index in [1.165, 1.54) is 19.3 Å². The molecule has 3 N–H and O–H groups in total. The first-order valence-corrected chi connectivity index (χ1v) is 8.41. The van der Waals surface area contributed by atoms with Gasteiger partial charge in [-0.2, -0.15) is 0 Å². The normalized spacial score (nSPS) is 16.0. The monoisotopic (exact) mass is 317 g/mol. The van der Waals surface area contributed by atoms with Crippen molar-refractivity contribution in [3.8, 4) is 0 Å². The van der Waals surface area contributed by atoms with Gasteiger partial charge in [0.05, 0.1) is 12.2 Å². The summed E-state index contributed by atoms with van der Waals surface area (Å²) < 4.78 is 0. The third-order valence-corrected chi connectivity index (χ3v) is 4.00. The predicted molar refractivity (Wildman–Crippen MR) is 92.1 cm³/mol. The van der Waals surface area contributed by atoms with E-state index in [4.69, 9.17) is 0 Å². The van der Waals surface area contributed by atoms with E-state index < -0.39 is 0 Å². The molecule has 0 bridgehead atoms. The van der Waals surface area contributed by atoms with Gasteiger partial charge in [0.1, 0.15) is 0 Å². The Hall–Kier alpha value is -2.11. The van der Waals surface area contributed by atoms with Crippen LogP contribution < -0.4 is 16.0 Å². The highest BCUT2D eigenvalue weighted by Gasteiger charge is 2.15. The zero-order valence-electron chi connectivity index (χ0n) is 13.8. The van der Waals surface area contributed by atoms with Crippen LogP contribution in [-0.2, 0) is 11.3 Å². The molecule has 1 aliphatic rings. The third kappa shape index (κ3) is 6.67. The molecule has 6 nitrogen and oxygen atoms in total. The fraction of sp³-hybridized carbons (Fsp3) is 0.588. The van der Waals surface area contributed by atoms with Crippen LogP contribution in [-0.4, -0.2) is 36.5 Å². The fourth-order valence-corrected chi connectivity index (χ4v) is 2.74. The first-order valence-electron chi connectivity index (χ1n) is 8.41. The van der Waals surface area contributed by atoms with Gasteiger partial charge >= 0.3 is 0 Å². The molecule has 6 heteroatoms. The van der Waals surface area contributed by atoms with Crippen molar-refractivity contribution in [1.29, 1.82) is 0 Å². The van der Waals surface area contributed by atoms with E-state index in [0.29, 0.717) is 31.5 Å². The van der Waals surface area contributed by atoms with Crippen molar-refractivity contribution in [2.45, 2.75) is 51.1 Å². The number of guanidine groups is 1. The maximum atomic E-state index is 11.9. The summed E-state index contributed by atoms with van der Waals surface area (Å²) in [5.74, 6) is 0.797. The molecule has 0 atom stereocenters. The lowest BCUT2D eigenvalue weighted by Crippen LogP contribution is -2.41. The van der Waals surface area contributed by atoms with Crippen LogP contribution >= 0.6 is 0 Å². The summed E-state index contributed by atoms with van der Waals surface area (Å²) in [4.78, 5) is 20.3. The van der Waals surface area contributed by atoms with Crippen molar-refractivity contribution in [3.05, 3.63) is 30.1 Å². The molecule has 1 aromatic rings. The average Bonchev–Trinajstić information content (AvgIpc) is 2.59. The Balaban J connectivity index is 1.62. The van der Waals surface area contributed by atoms with Crippen molar-refractivity contribution < 1.29 is 4.79 Å². The highest BCUT2D eigenvalue weighted by Crippen LogP contribution is 2.17. The van der Waals surface area contributed by atoms with Gasteiger partial charge in [-0.1, -0.05) is 25.3 Å². The first-order chi connectivity index (χ1) is 11.3. The number of aromatic nitrogens is 1. The first kappa shape index (κ1) is 17.2. The number of nitrogens with one attached hydrogen (secondary N) is 3. The standard InChI is InChI=1S/C17H27N5O/c1-18-17(21-13-15-9-5-6-11-19-15)20-12-10-16(23)22-14-7-3-2-4-8-14/h5-6,9,11,14H,2-4,7-8,10,12-13H2,1H3,(H,22,23)(H2,18,20,21). The lowest BCUT2D eigenvalue weighted by molar-refractivity contribution is -0.121. The van der Waals surface area contributed by atoms with E-state index in [1.54, 1.807) is 13.2 Å². The van der Waals surface area contributed by atoms with Crippen LogP contribution in [0.3, 0.4) is 0 Å². The molecule has 1 aliphatic carbocycles. The Labute approximate surface area is 138 Å². The minimum atomic E-state index is 0.115. The summed E-state index contributed by atoms with van der Waals surface area (Å²) in [7, 11) is 1.72. The van der Waals surface area contributed by atoms with Crippen LogP contribution in [0.4, 0.5) is 0 Å². The molecule has 0 radical (unpaired) electrons. The number of pyridine rings is 1. The Morgan fingerprint density at radius 2 is 2.09 bits per heavy atom. The maximum Gasteiger partial charge on any atom is 0.221 e. The molecule has 0 unspecified atom stereocenters. The number of rotatable bonds is 6. The fourth-order valence-electron chi connectivity index (χ4n) is 2.74. The number of hydrogen-bond donors (Lipinski definition) is 3. The Morgan fingerprint density at radius 1 is 1.26 bits per heavy atom. The van der Waals surface area contributed by atoms with Crippen molar-refractivity contribution in [1.82, 2.24) is 20.9 Å². The quantitative estimate of drug-likeness (QED) is 0.550. The van der Waals surface area contributed by atoms with Crippen LogP contribution in [0.1, 0.15) is 44.2 Å². The number of hydrogen-bond acceptors (Lipinski definition) is 3. The Morgan fingerprint density at radius 3 is 2.78 bits per heavy atom. The molecular weight excluding hydrogens is 290 g/mol. The van der Waals surface area contributed by atoms with Crippen LogP contribution in [0.15, 0.2) is 29.4 Å². The van der Waals surface area contributed by atoms with E-state index in [0.717, 1.165) is 18.5 Å². The van der Waals surface area contributed by atoms with Gasteiger partial charge in [-0.15, -0.1) is 0 Å². The largest absolute Gasteiger partial charge is 0.356 e. The van der Waals surface area contributed by atoms with E-state index in [-0.39, 0.29) is 5.91 Å². The smallest absolute Gasteiger partial charge is 0.221 e. The second-order valence-electron chi connectivity index (χ2n) is 5.83. The molecule has 2 rings (SSSR count). The van der Waals surface area contributed by atoms with Crippen molar-refractivity contribution >= 4 is 11.9 Å². The van der Waals surface area contributed by atoms with Gasteiger partial charge < -0.3 is 16.0 Å². The topological polar surface area (TPSA) is 78.4 Å². The molecule has 0 aliphatic heterocycles. The summed E-state index contributed by atoms with van der Waals surface area (Å²) >= 11 is 0. The van der Waals surface area contributed by atoms with Crippen LogP contribution in [0.25, 0.3) is 0 Å². The summed E-state index contributed by atoms with van der Waals surface area (Å²) in [5, 5.41) is 9.46. The zero-order valence-corrected chi connectivity index (χ0v) is 13.8. The van der Waals surface area contributed by atoms with Crippen LogP contribution in [0.5, 0.6) is 0 Å². The van der Waals surface area contributed by atoms with Gasteiger partial charge in [-0.3, -0.25) is 14.8 Å². The summed E-state index contributed by atoms with van der Waals surface area (Å²) in [6.45, 7) is 1.18. The molecule has 23 heavy (non-hydrogen) atoms. The van der Waals surface area contributed by atoms with E-state index >= 15 is 0 Å². The molecular formula is C17H27N5O. The molecule has 1 saturated carbocycles. The molecule has 1 heterocycles. The van der Waals surface area contributed by atoms with Gasteiger partial charge in [0.25, 0.3) is 0 Å². The predicted octanol–water partition coefficient (Wildman–Crippen LogP) is 1.59. The summed E-state index contributed by atoms with van der Waals surface area (Å²) in [5.41, 5.74) is 0.950. The van der Waals surface area contributed by atoms with Gasteiger partial charge in [-0.25, -0.2) is 0 Å². The third-order valence-electron chi connectivity index (χ3n) is 4.00. The summed E-state index contributed by atoms with van der Waals surface area (Å²) in [6.07, 6.45) is 8.22. The number of nitrogens with zero attached hydrogens (tertiary/aromatic N) is 2. The van der Waals surface area contributed by atoms with Gasteiger partial charge in [0.2, 0.25) is 5.91 Å². The summed E-state index contributed by atoms with van der Waals surface area (Å²) in [6, 6.07) is 6.17. The highest BCUT2D eigenvalue weighted by atomic mass is 16.1. The van der Waals surface area contributed by atoms with Gasteiger partial charge in [0, 0.05) is 32.3 Å². The van der Waals surface area contributed by atoms with Crippen molar-refractivity contribution in [3.63, 3.8) is 0 Å². The molecule has 1 aromatic heterocycles. The second-order valence-corrected chi connectivity index (χ2v) is 5.83. The van der Waals surface area contributed by atoms with Crippen molar-refractivity contribution in [2.75, 3.05) is 13.6 Å². The second kappa shape index (κ2) is 9.82. The Kier molecular flexibility index (Phi) is 7.36. The molecule has 0 spiro atoms. The van der Waals surface area contributed by atoms with Gasteiger partial charge in [-0.05, 0) is 25.0 Å². The van der Waals surface area contributed by atoms with E-state index in [9.17, 15) is 4.79 Å². The van der Waals surface area contributed by atoms with Gasteiger partial charge in [0.15, 0.2) is 5.96 Å². The Bertz CT molecular complexity index is 497. The highest BCUT2D eigenvalue weighted by molar-refractivity contribution is 5.81. The van der Waals surface area contributed by atoms with E-state index in [2.05, 4.69) is 25.9 Å². The lowest BCUT2D eigenvalue weighted by atomic mass is 9.95. The minimum Gasteiger partial charge on any atom is -0.356 e. The van der Waals surface area contributed by atoms with Crippen molar-refractivity contribution in [2.24, 2.45) is 4.99 Å². The molecule has 1 amide bonds. The number of carbonyl (C=O) groups is 1. The molecule has 0 saturated heterocycles. The lowest BCUT2D eigenvalue weighted by Gasteiger charge is -2.22. The SMILES string of the molecule is CN=C(NCCC(=O)NC1CCCCC1)NCc1ccccn1. The minimum absolute atomic E-state index is 0.115.